The summed E-state index contributed by atoms with van der Waals surface area (Å²) in [6.07, 6.45) is 0.978. The number of nitrogens with zero attached hydrogens (tertiary/aromatic N) is 1. The van der Waals surface area contributed by atoms with E-state index in [1.807, 2.05) is 24.3 Å². The van der Waals surface area contributed by atoms with Crippen molar-refractivity contribution in [1.29, 1.82) is 0 Å². The second kappa shape index (κ2) is 7.11. The molecule has 112 valence electrons. The van der Waals surface area contributed by atoms with Crippen molar-refractivity contribution in [2.24, 2.45) is 0 Å². The number of halogens is 1. The molecule has 0 radical (unpaired) electrons. The lowest BCUT2D eigenvalue weighted by atomic mass is 9.97. The van der Waals surface area contributed by atoms with Gasteiger partial charge in [0.15, 0.2) is 0 Å². The molecule has 3 heteroatoms. The average molecular weight is 286 g/mol. The van der Waals surface area contributed by atoms with Crippen LogP contribution in [0.1, 0.15) is 31.7 Å². The second-order valence-electron chi connectivity index (χ2n) is 5.39. The van der Waals surface area contributed by atoms with Crippen LogP contribution in [0.4, 0.5) is 15.8 Å². The maximum Gasteiger partial charge on any atom is 0.146 e. The molecule has 0 fully saturated rings. The zero-order valence-electron chi connectivity index (χ0n) is 12.7. The van der Waals surface area contributed by atoms with Crippen molar-refractivity contribution in [2.75, 3.05) is 23.7 Å². The van der Waals surface area contributed by atoms with Crippen LogP contribution in [0.15, 0.2) is 48.5 Å². The normalized spacial score (nSPS) is 12.1. The van der Waals surface area contributed by atoms with Gasteiger partial charge >= 0.3 is 0 Å². The van der Waals surface area contributed by atoms with Crippen molar-refractivity contribution in [1.82, 2.24) is 0 Å². The van der Waals surface area contributed by atoms with Gasteiger partial charge in [0.1, 0.15) is 5.82 Å². The number of nitrogens with two attached hydrogens (primary N) is 1. The number of hydrogen-bond donors (Lipinski definition) is 1. The first-order chi connectivity index (χ1) is 10.1. The zero-order chi connectivity index (χ0) is 15.2. The Bertz CT molecular complexity index is 566. The smallest absolute Gasteiger partial charge is 0.146 e. The van der Waals surface area contributed by atoms with Crippen LogP contribution in [0, 0.1) is 5.82 Å². The van der Waals surface area contributed by atoms with Crippen LogP contribution in [-0.2, 0) is 0 Å². The van der Waals surface area contributed by atoms with Crippen LogP contribution in [0.3, 0.4) is 0 Å². The van der Waals surface area contributed by atoms with Crippen molar-refractivity contribution in [3.05, 3.63) is 59.9 Å². The Morgan fingerprint density at radius 3 is 2.38 bits per heavy atom. The van der Waals surface area contributed by atoms with Crippen LogP contribution in [-0.4, -0.2) is 13.1 Å². The fourth-order valence-electron chi connectivity index (χ4n) is 2.50. The number of benzene rings is 2. The van der Waals surface area contributed by atoms with Crippen molar-refractivity contribution in [2.45, 2.75) is 26.2 Å². The summed E-state index contributed by atoms with van der Waals surface area (Å²) in [6.45, 7) is 5.89. The van der Waals surface area contributed by atoms with Crippen LogP contribution in [0.25, 0.3) is 0 Å². The molecule has 2 aromatic carbocycles. The van der Waals surface area contributed by atoms with Gasteiger partial charge in [0, 0.05) is 18.8 Å². The lowest BCUT2D eigenvalue weighted by Gasteiger charge is -2.25. The fourth-order valence-corrected chi connectivity index (χ4v) is 2.50. The largest absolute Gasteiger partial charge is 0.399 e. The molecule has 0 aromatic heterocycles. The van der Waals surface area contributed by atoms with Gasteiger partial charge in [-0.05, 0) is 49.1 Å². The Labute approximate surface area is 126 Å². The van der Waals surface area contributed by atoms with Gasteiger partial charge in [-0.1, -0.05) is 31.2 Å². The molecule has 2 nitrogen and oxygen atoms in total. The summed E-state index contributed by atoms with van der Waals surface area (Å²) in [5.41, 5.74) is 8.45. The lowest BCUT2D eigenvalue weighted by Crippen LogP contribution is -2.25. The molecule has 0 saturated carbocycles. The number of para-hydroxylation sites is 1. The zero-order valence-corrected chi connectivity index (χ0v) is 12.7. The summed E-state index contributed by atoms with van der Waals surface area (Å²) in [6, 6.07) is 15.0. The van der Waals surface area contributed by atoms with E-state index in [2.05, 4.69) is 30.9 Å². The predicted molar refractivity (Wildman–Crippen MR) is 88.2 cm³/mol. The number of hydrogen-bond acceptors (Lipinski definition) is 2. The van der Waals surface area contributed by atoms with E-state index >= 15 is 0 Å². The predicted octanol–water partition coefficient (Wildman–Crippen LogP) is 4.43. The van der Waals surface area contributed by atoms with Gasteiger partial charge in [-0.3, -0.25) is 0 Å². The van der Waals surface area contributed by atoms with Crippen molar-refractivity contribution in [3.63, 3.8) is 0 Å². The number of anilines is 2. The highest BCUT2D eigenvalue weighted by Crippen LogP contribution is 2.23. The molecule has 2 rings (SSSR count). The Kier molecular flexibility index (Phi) is 5.20. The first-order valence-electron chi connectivity index (χ1n) is 7.46. The monoisotopic (exact) mass is 286 g/mol. The maximum absolute atomic E-state index is 13.9. The van der Waals surface area contributed by atoms with Gasteiger partial charge in [0.25, 0.3) is 0 Å². The Hall–Kier alpha value is -2.03. The van der Waals surface area contributed by atoms with Gasteiger partial charge < -0.3 is 10.6 Å². The third-order valence-electron chi connectivity index (χ3n) is 3.91. The van der Waals surface area contributed by atoms with Crippen molar-refractivity contribution in [3.8, 4) is 0 Å². The van der Waals surface area contributed by atoms with Gasteiger partial charge in [0.2, 0.25) is 0 Å². The topological polar surface area (TPSA) is 29.3 Å². The molecule has 2 N–H and O–H groups in total. The molecule has 0 saturated heterocycles. The first-order valence-corrected chi connectivity index (χ1v) is 7.46. The van der Waals surface area contributed by atoms with Crippen LogP contribution in [0.2, 0.25) is 0 Å². The molecule has 0 heterocycles. The molecule has 2 aromatic rings. The third kappa shape index (κ3) is 3.97. The lowest BCUT2D eigenvalue weighted by molar-refractivity contribution is 0.604. The molecule has 0 amide bonds. The maximum atomic E-state index is 13.9. The molecular weight excluding hydrogens is 263 g/mol. The van der Waals surface area contributed by atoms with Gasteiger partial charge in [-0.2, -0.15) is 0 Å². The number of nitrogen functional groups attached to an aromatic ring is 1. The summed E-state index contributed by atoms with van der Waals surface area (Å²) >= 11 is 0. The van der Waals surface area contributed by atoms with E-state index < -0.39 is 0 Å². The highest BCUT2D eigenvalue weighted by Gasteiger charge is 2.12. The quantitative estimate of drug-likeness (QED) is 0.796. The summed E-state index contributed by atoms with van der Waals surface area (Å²) < 4.78 is 13.9. The van der Waals surface area contributed by atoms with Crippen LogP contribution in [0.5, 0.6) is 0 Å². The Morgan fingerprint density at radius 1 is 1.10 bits per heavy atom. The van der Waals surface area contributed by atoms with E-state index in [0.29, 0.717) is 11.6 Å². The minimum Gasteiger partial charge on any atom is -0.399 e. The van der Waals surface area contributed by atoms with E-state index in [0.717, 1.165) is 25.2 Å². The molecular formula is C18H23FN2. The molecule has 1 unspecified atom stereocenters. The van der Waals surface area contributed by atoms with Gasteiger partial charge in [-0.15, -0.1) is 0 Å². The molecule has 1 atom stereocenters. The first kappa shape index (κ1) is 15.4. The SMILES string of the molecule is CCN(CCC(C)c1ccc(N)cc1)c1ccccc1F. The van der Waals surface area contributed by atoms with Crippen molar-refractivity contribution < 1.29 is 4.39 Å². The van der Waals surface area contributed by atoms with E-state index in [9.17, 15) is 4.39 Å². The molecule has 21 heavy (non-hydrogen) atoms. The minimum absolute atomic E-state index is 0.153. The van der Waals surface area contributed by atoms with Crippen LogP contribution >= 0.6 is 0 Å². The third-order valence-corrected chi connectivity index (χ3v) is 3.91. The molecule has 0 spiro atoms. The summed E-state index contributed by atoms with van der Waals surface area (Å²) in [5, 5.41) is 0. The molecule has 0 bridgehead atoms. The molecule has 0 aliphatic heterocycles. The van der Waals surface area contributed by atoms with E-state index in [4.69, 9.17) is 5.73 Å². The Balaban J connectivity index is 2.00. The summed E-state index contributed by atoms with van der Waals surface area (Å²) in [7, 11) is 0. The minimum atomic E-state index is -0.153. The average Bonchev–Trinajstić information content (AvgIpc) is 2.50. The summed E-state index contributed by atoms with van der Waals surface area (Å²) in [5.74, 6) is 0.269. The molecule has 0 aliphatic rings. The van der Waals surface area contributed by atoms with Crippen molar-refractivity contribution >= 4 is 11.4 Å². The van der Waals surface area contributed by atoms with Crippen LogP contribution < -0.4 is 10.6 Å². The molecule has 0 aliphatic carbocycles. The summed E-state index contributed by atoms with van der Waals surface area (Å²) in [4.78, 5) is 2.09. The van der Waals surface area contributed by atoms with E-state index in [1.54, 1.807) is 6.07 Å². The van der Waals surface area contributed by atoms with Gasteiger partial charge in [-0.25, -0.2) is 4.39 Å². The van der Waals surface area contributed by atoms with Gasteiger partial charge in [0.05, 0.1) is 5.69 Å². The highest BCUT2D eigenvalue weighted by atomic mass is 19.1. The highest BCUT2D eigenvalue weighted by molar-refractivity contribution is 5.47. The van der Waals surface area contributed by atoms with E-state index in [1.165, 1.54) is 11.6 Å². The number of rotatable bonds is 6. The fraction of sp³-hybridized carbons (Fsp3) is 0.333. The Morgan fingerprint density at radius 2 is 1.76 bits per heavy atom. The van der Waals surface area contributed by atoms with E-state index in [-0.39, 0.29) is 5.82 Å². The standard InChI is InChI=1S/C18H23FN2/c1-3-21(18-7-5-4-6-17(18)19)13-12-14(2)15-8-10-16(20)11-9-15/h4-11,14H,3,12-13,20H2,1-2H3. The second-order valence-corrected chi connectivity index (χ2v) is 5.39.